The summed E-state index contributed by atoms with van der Waals surface area (Å²) in [6.45, 7) is 2.87. The van der Waals surface area contributed by atoms with E-state index >= 15 is 0 Å². The summed E-state index contributed by atoms with van der Waals surface area (Å²) in [4.78, 5) is 0. The number of aromatic hydroxyl groups is 1. The van der Waals surface area contributed by atoms with Gasteiger partial charge in [0.15, 0.2) is 0 Å². The van der Waals surface area contributed by atoms with Crippen LogP contribution in [0.2, 0.25) is 0 Å². The number of fused-ring (bicyclic) bond motifs is 1. The first-order chi connectivity index (χ1) is 8.72. The van der Waals surface area contributed by atoms with Crippen molar-refractivity contribution in [1.29, 1.82) is 0 Å². The molecular weight excluding hydrogens is 226 g/mol. The molecule has 0 fully saturated rings. The van der Waals surface area contributed by atoms with Gasteiger partial charge in [-0.15, -0.1) is 0 Å². The number of hydrogen-bond donors (Lipinski definition) is 2. The fourth-order valence-corrected chi connectivity index (χ4v) is 2.05. The molecule has 18 heavy (non-hydrogen) atoms. The molecule has 3 heteroatoms. The lowest BCUT2D eigenvalue weighted by Crippen LogP contribution is -2.17. The van der Waals surface area contributed by atoms with Crippen molar-refractivity contribution in [3.63, 3.8) is 0 Å². The predicted molar refractivity (Wildman–Crippen MR) is 75.2 cm³/mol. The van der Waals surface area contributed by atoms with Crippen LogP contribution >= 0.6 is 0 Å². The molecule has 1 unspecified atom stereocenters. The van der Waals surface area contributed by atoms with E-state index in [1.165, 1.54) is 0 Å². The van der Waals surface area contributed by atoms with Gasteiger partial charge in [-0.2, -0.15) is 0 Å². The summed E-state index contributed by atoms with van der Waals surface area (Å²) in [6, 6.07) is 11.8. The van der Waals surface area contributed by atoms with Gasteiger partial charge < -0.3 is 15.2 Å². The SMILES string of the molecule is COCCC(C)Nc1cccc2c(O)cccc12. The van der Waals surface area contributed by atoms with Gasteiger partial charge in [-0.05, 0) is 25.5 Å². The van der Waals surface area contributed by atoms with Gasteiger partial charge in [-0.3, -0.25) is 0 Å². The Morgan fingerprint density at radius 2 is 1.89 bits per heavy atom. The van der Waals surface area contributed by atoms with Crippen LogP contribution in [0.4, 0.5) is 5.69 Å². The molecule has 0 radical (unpaired) electrons. The van der Waals surface area contributed by atoms with Crippen LogP contribution in [0.25, 0.3) is 10.8 Å². The van der Waals surface area contributed by atoms with Crippen LogP contribution in [0.5, 0.6) is 5.75 Å². The van der Waals surface area contributed by atoms with Gasteiger partial charge in [0.2, 0.25) is 0 Å². The first-order valence-electron chi connectivity index (χ1n) is 6.18. The molecule has 0 aliphatic carbocycles. The number of phenolic OH excluding ortho intramolecular Hbond substituents is 1. The van der Waals surface area contributed by atoms with Crippen molar-refractivity contribution in [2.45, 2.75) is 19.4 Å². The normalized spacial score (nSPS) is 12.6. The summed E-state index contributed by atoms with van der Waals surface area (Å²) < 4.78 is 5.08. The molecule has 2 aromatic rings. The van der Waals surface area contributed by atoms with Crippen LogP contribution in [0.3, 0.4) is 0 Å². The van der Waals surface area contributed by atoms with E-state index < -0.39 is 0 Å². The maximum absolute atomic E-state index is 9.82. The third kappa shape index (κ3) is 2.74. The monoisotopic (exact) mass is 245 g/mol. The van der Waals surface area contributed by atoms with Gasteiger partial charge in [0.05, 0.1) is 0 Å². The topological polar surface area (TPSA) is 41.5 Å². The number of methoxy groups -OCH3 is 1. The van der Waals surface area contributed by atoms with E-state index in [-0.39, 0.29) is 0 Å². The molecule has 3 nitrogen and oxygen atoms in total. The first kappa shape index (κ1) is 12.7. The second-order valence-corrected chi connectivity index (χ2v) is 4.50. The van der Waals surface area contributed by atoms with Crippen molar-refractivity contribution in [3.05, 3.63) is 36.4 Å². The maximum atomic E-state index is 9.82. The zero-order valence-electron chi connectivity index (χ0n) is 10.8. The van der Waals surface area contributed by atoms with Gasteiger partial charge in [-0.25, -0.2) is 0 Å². The minimum atomic E-state index is 0.320. The van der Waals surface area contributed by atoms with Crippen molar-refractivity contribution in [1.82, 2.24) is 0 Å². The number of rotatable bonds is 5. The van der Waals surface area contributed by atoms with Gasteiger partial charge in [0, 0.05) is 36.2 Å². The Kier molecular flexibility index (Phi) is 4.05. The van der Waals surface area contributed by atoms with E-state index in [4.69, 9.17) is 4.74 Å². The van der Waals surface area contributed by atoms with Crippen molar-refractivity contribution in [2.24, 2.45) is 0 Å². The highest BCUT2D eigenvalue weighted by Gasteiger charge is 2.06. The second-order valence-electron chi connectivity index (χ2n) is 4.50. The molecule has 0 aliphatic rings. The smallest absolute Gasteiger partial charge is 0.123 e. The highest BCUT2D eigenvalue weighted by atomic mass is 16.5. The Morgan fingerprint density at radius 3 is 2.67 bits per heavy atom. The fourth-order valence-electron chi connectivity index (χ4n) is 2.05. The lowest BCUT2D eigenvalue weighted by atomic mass is 10.1. The highest BCUT2D eigenvalue weighted by molar-refractivity contribution is 5.97. The molecule has 2 aromatic carbocycles. The van der Waals surface area contributed by atoms with E-state index in [0.29, 0.717) is 11.8 Å². The zero-order chi connectivity index (χ0) is 13.0. The van der Waals surface area contributed by atoms with E-state index in [1.54, 1.807) is 13.2 Å². The van der Waals surface area contributed by atoms with Crippen molar-refractivity contribution in [3.8, 4) is 5.75 Å². The number of benzene rings is 2. The second kappa shape index (κ2) is 5.74. The van der Waals surface area contributed by atoms with E-state index in [2.05, 4.69) is 12.2 Å². The molecule has 96 valence electrons. The standard InChI is InChI=1S/C15H19NO2/c1-11(9-10-18-2)16-14-7-3-6-13-12(14)5-4-8-15(13)17/h3-8,11,16-17H,9-10H2,1-2H3. The molecule has 0 heterocycles. The van der Waals surface area contributed by atoms with Crippen LogP contribution < -0.4 is 5.32 Å². The summed E-state index contributed by atoms with van der Waals surface area (Å²) >= 11 is 0. The molecular formula is C15H19NO2. The summed E-state index contributed by atoms with van der Waals surface area (Å²) in [5, 5.41) is 15.2. The van der Waals surface area contributed by atoms with Gasteiger partial charge in [0.1, 0.15) is 5.75 Å². The molecule has 2 rings (SSSR count). The van der Waals surface area contributed by atoms with Crippen molar-refractivity contribution >= 4 is 16.5 Å². The maximum Gasteiger partial charge on any atom is 0.123 e. The van der Waals surface area contributed by atoms with E-state index in [0.717, 1.165) is 29.5 Å². The number of hydrogen-bond acceptors (Lipinski definition) is 3. The summed E-state index contributed by atoms with van der Waals surface area (Å²) in [7, 11) is 1.71. The number of anilines is 1. The Balaban J connectivity index is 2.25. The molecule has 1 atom stereocenters. The minimum absolute atomic E-state index is 0.320. The quantitative estimate of drug-likeness (QED) is 0.848. The average Bonchev–Trinajstić information content (AvgIpc) is 2.38. The van der Waals surface area contributed by atoms with E-state index in [9.17, 15) is 5.11 Å². The average molecular weight is 245 g/mol. The molecule has 0 amide bonds. The minimum Gasteiger partial charge on any atom is -0.507 e. The largest absolute Gasteiger partial charge is 0.507 e. The van der Waals surface area contributed by atoms with Crippen LogP contribution in [0, 0.1) is 0 Å². The van der Waals surface area contributed by atoms with Crippen LogP contribution in [0.15, 0.2) is 36.4 Å². The molecule has 0 aliphatic heterocycles. The van der Waals surface area contributed by atoms with Crippen molar-refractivity contribution < 1.29 is 9.84 Å². The number of nitrogens with one attached hydrogen (secondary N) is 1. The first-order valence-corrected chi connectivity index (χ1v) is 6.18. The Morgan fingerprint density at radius 1 is 1.17 bits per heavy atom. The molecule has 0 saturated heterocycles. The molecule has 0 bridgehead atoms. The highest BCUT2D eigenvalue weighted by Crippen LogP contribution is 2.30. The molecule has 0 saturated carbocycles. The predicted octanol–water partition coefficient (Wildman–Crippen LogP) is 3.38. The van der Waals surface area contributed by atoms with E-state index in [1.807, 2.05) is 30.3 Å². The van der Waals surface area contributed by atoms with Gasteiger partial charge >= 0.3 is 0 Å². The third-order valence-corrected chi connectivity index (χ3v) is 3.06. The lowest BCUT2D eigenvalue weighted by molar-refractivity contribution is 0.191. The number of ether oxygens (including phenoxy) is 1. The number of phenols is 1. The third-order valence-electron chi connectivity index (χ3n) is 3.06. The van der Waals surface area contributed by atoms with Crippen molar-refractivity contribution in [2.75, 3.05) is 19.0 Å². The van der Waals surface area contributed by atoms with Crippen LogP contribution in [-0.2, 0) is 4.74 Å². The Hall–Kier alpha value is -1.74. The lowest BCUT2D eigenvalue weighted by Gasteiger charge is -2.16. The van der Waals surface area contributed by atoms with Gasteiger partial charge in [-0.1, -0.05) is 24.3 Å². The molecule has 2 N–H and O–H groups in total. The van der Waals surface area contributed by atoms with Gasteiger partial charge in [0.25, 0.3) is 0 Å². The summed E-state index contributed by atoms with van der Waals surface area (Å²) in [6.07, 6.45) is 0.950. The Bertz CT molecular complexity index is 525. The fraction of sp³-hybridized carbons (Fsp3) is 0.333. The summed E-state index contributed by atoms with van der Waals surface area (Å²) in [5.41, 5.74) is 1.05. The Labute approximate surface area is 107 Å². The molecule has 0 aromatic heterocycles. The zero-order valence-corrected chi connectivity index (χ0v) is 10.8. The summed E-state index contributed by atoms with van der Waals surface area (Å²) in [5.74, 6) is 0.320. The van der Waals surface area contributed by atoms with Crippen LogP contribution in [0.1, 0.15) is 13.3 Å². The molecule has 0 spiro atoms. The van der Waals surface area contributed by atoms with Crippen LogP contribution in [-0.4, -0.2) is 24.9 Å².